The molecule has 2 aliphatic rings. The maximum Gasteiger partial charge on any atom is 0.280 e. The van der Waals surface area contributed by atoms with Crippen LogP contribution in [-0.2, 0) is 6.42 Å². The quantitative estimate of drug-likeness (QED) is 0.313. The van der Waals surface area contributed by atoms with Crippen LogP contribution < -0.4 is 14.7 Å². The van der Waals surface area contributed by atoms with E-state index < -0.39 is 19.0 Å². The van der Waals surface area contributed by atoms with Gasteiger partial charge in [-0.3, -0.25) is 0 Å². The van der Waals surface area contributed by atoms with Crippen LogP contribution in [0.4, 0.5) is 35.3 Å². The molecule has 11 heteroatoms. The molecule has 0 atom stereocenters. The topological polar surface area (TPSA) is 61.3 Å². The smallest absolute Gasteiger partial charge is 0.280 e. The Bertz CT molecular complexity index is 1260. The van der Waals surface area contributed by atoms with E-state index in [9.17, 15) is 17.6 Å². The first-order chi connectivity index (χ1) is 19.4. The Labute approximate surface area is 232 Å². The number of aromatic nitrogens is 4. The molecule has 7 nitrogen and oxygen atoms in total. The molecule has 3 heterocycles. The number of hydrogen-bond donors (Lipinski definition) is 0. The second kappa shape index (κ2) is 12.3. The Morgan fingerprint density at radius 3 is 2.30 bits per heavy atom. The van der Waals surface area contributed by atoms with Gasteiger partial charge in [0.2, 0.25) is 11.9 Å². The molecule has 0 spiro atoms. The molecule has 2 aromatic heterocycles. The number of pyridine rings is 1. The predicted molar refractivity (Wildman–Crippen MR) is 148 cm³/mol. The molecule has 0 N–H and O–H groups in total. The summed E-state index contributed by atoms with van der Waals surface area (Å²) in [6.45, 7) is 3.26. The molecule has 0 bridgehead atoms. The zero-order valence-electron chi connectivity index (χ0n) is 22.7. The molecule has 1 saturated carbocycles. The van der Waals surface area contributed by atoms with E-state index in [2.05, 4.69) is 21.7 Å². The van der Waals surface area contributed by atoms with Crippen molar-refractivity contribution in [3.8, 4) is 11.4 Å². The highest BCUT2D eigenvalue weighted by atomic mass is 19.3. The van der Waals surface area contributed by atoms with Crippen LogP contribution >= 0.6 is 0 Å². The van der Waals surface area contributed by atoms with Crippen molar-refractivity contribution in [2.75, 3.05) is 54.1 Å². The summed E-state index contributed by atoms with van der Waals surface area (Å²) < 4.78 is 54.2. The van der Waals surface area contributed by atoms with Crippen LogP contribution in [0.3, 0.4) is 0 Å². The SMILES string of the molecule is CCN(c1nc(-c2ccc(F)cc2)nc(N2CCN(c3ncccc3CC(F)(F)CF)CC2)n1)C1CCCCC1. The molecule has 0 amide bonds. The van der Waals surface area contributed by atoms with E-state index >= 15 is 0 Å². The van der Waals surface area contributed by atoms with E-state index in [1.165, 1.54) is 31.4 Å². The van der Waals surface area contributed by atoms with E-state index in [1.807, 2.05) is 4.90 Å². The monoisotopic (exact) mass is 557 g/mol. The fraction of sp³-hybridized carbons (Fsp3) is 0.517. The third-order valence-corrected chi connectivity index (χ3v) is 7.70. The summed E-state index contributed by atoms with van der Waals surface area (Å²) in [5.41, 5.74) is 1.03. The van der Waals surface area contributed by atoms with Gasteiger partial charge >= 0.3 is 0 Å². The van der Waals surface area contributed by atoms with Crippen LogP contribution in [-0.4, -0.2) is 71.3 Å². The van der Waals surface area contributed by atoms with Crippen molar-refractivity contribution in [2.24, 2.45) is 0 Å². The van der Waals surface area contributed by atoms with Crippen LogP contribution in [0.1, 0.15) is 44.6 Å². The van der Waals surface area contributed by atoms with E-state index in [0.717, 1.165) is 19.4 Å². The van der Waals surface area contributed by atoms with Crippen molar-refractivity contribution < 1.29 is 17.6 Å². The molecule has 1 aromatic carbocycles. The first kappa shape index (κ1) is 28.0. The highest BCUT2D eigenvalue weighted by Crippen LogP contribution is 2.30. The van der Waals surface area contributed by atoms with E-state index in [0.29, 0.717) is 66.9 Å². The lowest BCUT2D eigenvalue weighted by Crippen LogP contribution is -2.48. The highest BCUT2D eigenvalue weighted by molar-refractivity contribution is 5.59. The Morgan fingerprint density at radius 1 is 0.925 bits per heavy atom. The summed E-state index contributed by atoms with van der Waals surface area (Å²) in [5.74, 6) is -1.68. The largest absolute Gasteiger partial charge is 0.353 e. The second-order valence-corrected chi connectivity index (χ2v) is 10.5. The summed E-state index contributed by atoms with van der Waals surface area (Å²) >= 11 is 0. The van der Waals surface area contributed by atoms with E-state index in [1.54, 1.807) is 30.5 Å². The number of nitrogens with zero attached hydrogens (tertiary/aromatic N) is 7. The lowest BCUT2D eigenvalue weighted by molar-refractivity contribution is -0.0216. The number of anilines is 3. The zero-order chi connectivity index (χ0) is 28.1. The molecule has 0 unspecified atom stereocenters. The fourth-order valence-electron chi connectivity index (χ4n) is 5.60. The Balaban J connectivity index is 1.40. The van der Waals surface area contributed by atoms with Crippen molar-refractivity contribution in [1.29, 1.82) is 0 Å². The average molecular weight is 558 g/mol. The third kappa shape index (κ3) is 6.45. The summed E-state index contributed by atoms with van der Waals surface area (Å²) in [7, 11) is 0. The molecule has 2 fully saturated rings. The summed E-state index contributed by atoms with van der Waals surface area (Å²) in [6.07, 6.45) is 6.65. The van der Waals surface area contributed by atoms with Gasteiger partial charge in [0.05, 0.1) is 0 Å². The number of halogens is 4. The van der Waals surface area contributed by atoms with E-state index in [4.69, 9.17) is 15.0 Å². The van der Waals surface area contributed by atoms with Gasteiger partial charge < -0.3 is 14.7 Å². The van der Waals surface area contributed by atoms with Gasteiger partial charge in [0.1, 0.15) is 11.6 Å². The lowest BCUT2D eigenvalue weighted by Gasteiger charge is -2.37. The summed E-state index contributed by atoms with van der Waals surface area (Å²) in [4.78, 5) is 25.1. The summed E-state index contributed by atoms with van der Waals surface area (Å²) in [5, 5.41) is 0. The van der Waals surface area contributed by atoms with Gasteiger partial charge in [-0.05, 0) is 50.1 Å². The summed E-state index contributed by atoms with van der Waals surface area (Å²) in [6, 6.07) is 9.66. The van der Waals surface area contributed by atoms with Crippen molar-refractivity contribution >= 4 is 17.7 Å². The molecule has 0 radical (unpaired) electrons. The van der Waals surface area contributed by atoms with E-state index in [-0.39, 0.29) is 5.82 Å². The maximum atomic E-state index is 13.9. The number of alkyl halides is 3. The fourth-order valence-corrected chi connectivity index (χ4v) is 5.60. The molecule has 40 heavy (non-hydrogen) atoms. The van der Waals surface area contributed by atoms with Crippen molar-refractivity contribution in [1.82, 2.24) is 19.9 Å². The minimum absolute atomic E-state index is 0.325. The van der Waals surface area contributed by atoms with Crippen LogP contribution in [0.2, 0.25) is 0 Å². The molecular weight excluding hydrogens is 522 g/mol. The lowest BCUT2D eigenvalue weighted by atomic mass is 9.94. The number of piperazine rings is 1. The van der Waals surface area contributed by atoms with Crippen molar-refractivity contribution in [3.05, 3.63) is 54.0 Å². The van der Waals surface area contributed by atoms with Gasteiger partial charge in [-0.15, -0.1) is 0 Å². The average Bonchev–Trinajstić information content (AvgIpc) is 2.98. The maximum absolute atomic E-state index is 13.9. The predicted octanol–water partition coefficient (Wildman–Crippen LogP) is 5.71. The van der Waals surface area contributed by atoms with Crippen molar-refractivity contribution in [2.45, 2.75) is 57.4 Å². The minimum atomic E-state index is -3.43. The molecule has 3 aromatic rings. The third-order valence-electron chi connectivity index (χ3n) is 7.70. The number of rotatable bonds is 9. The molecule has 1 aliphatic carbocycles. The highest BCUT2D eigenvalue weighted by Gasteiger charge is 2.32. The van der Waals surface area contributed by atoms with Gasteiger partial charge in [-0.1, -0.05) is 25.3 Å². The Kier molecular flexibility index (Phi) is 8.66. The molecule has 5 rings (SSSR count). The molecule has 1 saturated heterocycles. The molecule has 1 aliphatic heterocycles. The van der Waals surface area contributed by atoms with Gasteiger partial charge in [0.25, 0.3) is 5.92 Å². The van der Waals surface area contributed by atoms with Gasteiger partial charge in [0.15, 0.2) is 12.5 Å². The molecular formula is C29H35F4N7. The van der Waals surface area contributed by atoms with Gasteiger partial charge in [-0.2, -0.15) is 15.0 Å². The van der Waals surface area contributed by atoms with Crippen molar-refractivity contribution in [3.63, 3.8) is 0 Å². The van der Waals surface area contributed by atoms with Gasteiger partial charge in [-0.25, -0.2) is 22.5 Å². The second-order valence-electron chi connectivity index (χ2n) is 10.5. The minimum Gasteiger partial charge on any atom is -0.353 e. The number of hydrogen-bond acceptors (Lipinski definition) is 7. The standard InChI is InChI=1S/C29H35F4N7/c1-2-40(24-8-4-3-5-9-24)28-36-25(21-10-12-23(31)13-11-21)35-27(37-28)39-17-15-38(16-18-39)26-22(7-6-14-34-26)19-29(32,33)20-30/h6-7,10-14,24H,2-5,8-9,15-20H2,1H3. The molecule has 214 valence electrons. The van der Waals surface area contributed by atoms with Crippen LogP contribution in [0.25, 0.3) is 11.4 Å². The van der Waals surface area contributed by atoms with Gasteiger partial charge in [0, 0.05) is 62.5 Å². The normalized spacial score (nSPS) is 16.8. The Hall–Kier alpha value is -3.50. The zero-order valence-corrected chi connectivity index (χ0v) is 22.7. The number of benzene rings is 1. The van der Waals surface area contributed by atoms with Crippen LogP contribution in [0.5, 0.6) is 0 Å². The first-order valence-electron chi connectivity index (χ1n) is 14.0. The van der Waals surface area contributed by atoms with Crippen LogP contribution in [0.15, 0.2) is 42.6 Å². The van der Waals surface area contributed by atoms with Crippen LogP contribution in [0, 0.1) is 5.82 Å². The first-order valence-corrected chi connectivity index (χ1v) is 14.0. The Morgan fingerprint density at radius 2 is 1.62 bits per heavy atom.